The van der Waals surface area contributed by atoms with Crippen LogP contribution in [0.15, 0.2) is 0 Å². The first-order valence-corrected chi connectivity index (χ1v) is 7.99. The monoisotopic (exact) mass is 296 g/mol. The Balaban J connectivity index is 4.21. The molecule has 2 atom stereocenters. The molecule has 0 fully saturated rings. The second kappa shape index (κ2) is 7.22. The zero-order valence-electron chi connectivity index (χ0n) is 10.5. The van der Waals surface area contributed by atoms with Crippen LogP contribution in [-0.2, 0) is 9.59 Å². The summed E-state index contributed by atoms with van der Waals surface area (Å²) in [5.41, 5.74) is 8.85. The number of hydrogen-bond donors (Lipinski definition) is 4. The molecule has 0 aromatic carbocycles. The minimum absolute atomic E-state index is 0.211. The van der Waals surface area contributed by atoms with Gasteiger partial charge in [0.2, 0.25) is 0 Å². The summed E-state index contributed by atoms with van der Waals surface area (Å²) in [6, 6.07) is 0. The lowest BCUT2D eigenvalue weighted by Gasteiger charge is -2.24. The Morgan fingerprint density at radius 3 is 1.39 bits per heavy atom. The molecule has 0 unspecified atom stereocenters. The summed E-state index contributed by atoms with van der Waals surface area (Å²) in [4.78, 5) is 21.9. The fourth-order valence-electron chi connectivity index (χ4n) is 0.924. The summed E-state index contributed by atoms with van der Waals surface area (Å²) in [6.45, 7) is 3.41. The third-order valence-electron chi connectivity index (χ3n) is 2.83. The van der Waals surface area contributed by atoms with Crippen molar-refractivity contribution in [1.29, 1.82) is 0 Å². The van der Waals surface area contributed by atoms with Crippen LogP contribution >= 0.6 is 21.6 Å². The smallest absolute Gasteiger partial charge is 0.324 e. The van der Waals surface area contributed by atoms with E-state index >= 15 is 0 Å². The van der Waals surface area contributed by atoms with Crippen LogP contribution in [-0.4, -0.2) is 44.7 Å². The van der Waals surface area contributed by atoms with E-state index in [1.165, 1.54) is 21.6 Å². The van der Waals surface area contributed by atoms with Gasteiger partial charge < -0.3 is 21.7 Å². The van der Waals surface area contributed by atoms with Crippen LogP contribution < -0.4 is 11.5 Å². The second-order valence-electron chi connectivity index (χ2n) is 4.15. The molecule has 0 aliphatic rings. The Morgan fingerprint density at radius 1 is 0.944 bits per heavy atom. The first-order chi connectivity index (χ1) is 8.22. The maximum Gasteiger partial charge on any atom is 0.324 e. The number of carboxylic acid groups (broad SMARTS) is 2. The van der Waals surface area contributed by atoms with Crippen molar-refractivity contribution in [1.82, 2.24) is 0 Å². The minimum Gasteiger partial charge on any atom is -0.480 e. The summed E-state index contributed by atoms with van der Waals surface area (Å²) in [6.07, 6.45) is 0.632. The summed E-state index contributed by atoms with van der Waals surface area (Å²) in [7, 11) is 2.48. The number of carboxylic acids is 2. The predicted octanol–water partition coefficient (Wildman–Crippen LogP) is 0.752. The van der Waals surface area contributed by atoms with E-state index in [0.717, 1.165) is 0 Å². The zero-order valence-corrected chi connectivity index (χ0v) is 12.1. The molecule has 0 aromatic heterocycles. The molecule has 0 aliphatic carbocycles. The van der Waals surface area contributed by atoms with Crippen LogP contribution in [0.1, 0.15) is 26.7 Å². The van der Waals surface area contributed by atoms with Gasteiger partial charge in [0.1, 0.15) is 11.1 Å². The third kappa shape index (κ3) is 4.68. The lowest BCUT2D eigenvalue weighted by Crippen LogP contribution is -2.50. The fraction of sp³-hybridized carbons (Fsp3) is 0.800. The summed E-state index contributed by atoms with van der Waals surface area (Å²) in [5, 5.41) is 17.9. The highest BCUT2D eigenvalue weighted by Gasteiger charge is 2.34. The second-order valence-corrected chi connectivity index (χ2v) is 6.62. The van der Waals surface area contributed by atoms with Crippen molar-refractivity contribution in [3.63, 3.8) is 0 Å². The standard InChI is InChI=1S/C10H20N2O4S2/c1-3-9(11,7(13)14)5-17-18-6-10(12,4-2)8(15)16/h3-6,11-12H2,1-2H3,(H,13,14)(H,15,16)/t9-,10-/m0/s1. The van der Waals surface area contributed by atoms with Gasteiger partial charge in [0.05, 0.1) is 0 Å². The van der Waals surface area contributed by atoms with Gasteiger partial charge in [-0.1, -0.05) is 35.4 Å². The fourth-order valence-corrected chi connectivity index (χ4v) is 3.93. The van der Waals surface area contributed by atoms with Gasteiger partial charge in [0.25, 0.3) is 0 Å². The van der Waals surface area contributed by atoms with Crippen LogP contribution in [0.3, 0.4) is 0 Å². The van der Waals surface area contributed by atoms with E-state index in [1.54, 1.807) is 13.8 Å². The molecule has 0 amide bonds. The van der Waals surface area contributed by atoms with Gasteiger partial charge in [-0.3, -0.25) is 9.59 Å². The number of aliphatic carboxylic acids is 2. The van der Waals surface area contributed by atoms with Crippen molar-refractivity contribution in [2.24, 2.45) is 11.5 Å². The Hall–Kier alpha value is -0.440. The molecule has 6 nitrogen and oxygen atoms in total. The van der Waals surface area contributed by atoms with Crippen molar-refractivity contribution < 1.29 is 19.8 Å². The van der Waals surface area contributed by atoms with Gasteiger partial charge >= 0.3 is 11.9 Å². The lowest BCUT2D eigenvalue weighted by atomic mass is 10.0. The average Bonchev–Trinajstić information content (AvgIpc) is 2.33. The molecule has 0 aliphatic heterocycles. The van der Waals surface area contributed by atoms with E-state index in [9.17, 15) is 9.59 Å². The van der Waals surface area contributed by atoms with E-state index in [-0.39, 0.29) is 11.5 Å². The molecule has 0 saturated carbocycles. The largest absolute Gasteiger partial charge is 0.480 e. The molecule has 0 spiro atoms. The Bertz CT molecular complexity index is 286. The van der Waals surface area contributed by atoms with Crippen molar-refractivity contribution in [3.8, 4) is 0 Å². The predicted molar refractivity (Wildman–Crippen MR) is 74.6 cm³/mol. The van der Waals surface area contributed by atoms with Crippen molar-refractivity contribution in [2.45, 2.75) is 37.8 Å². The first-order valence-electron chi connectivity index (χ1n) is 5.51. The van der Waals surface area contributed by atoms with Gasteiger partial charge in [0, 0.05) is 11.5 Å². The van der Waals surface area contributed by atoms with E-state index < -0.39 is 23.0 Å². The van der Waals surface area contributed by atoms with E-state index in [1.807, 2.05) is 0 Å². The van der Waals surface area contributed by atoms with Crippen molar-refractivity contribution in [3.05, 3.63) is 0 Å². The zero-order chi connectivity index (χ0) is 14.4. The maximum atomic E-state index is 10.9. The summed E-state index contributed by atoms with van der Waals surface area (Å²) >= 11 is 0. The topological polar surface area (TPSA) is 127 Å². The first kappa shape index (κ1) is 17.6. The van der Waals surface area contributed by atoms with Crippen molar-refractivity contribution >= 4 is 33.5 Å². The molecule has 0 radical (unpaired) electrons. The highest BCUT2D eigenvalue weighted by molar-refractivity contribution is 8.76. The van der Waals surface area contributed by atoms with Crippen molar-refractivity contribution in [2.75, 3.05) is 11.5 Å². The van der Waals surface area contributed by atoms with Gasteiger partial charge in [0.15, 0.2) is 0 Å². The summed E-state index contributed by atoms with van der Waals surface area (Å²) < 4.78 is 0. The van der Waals surface area contributed by atoms with Crippen LogP contribution in [0.5, 0.6) is 0 Å². The Kier molecular flexibility index (Phi) is 7.05. The molecule has 6 N–H and O–H groups in total. The molecule has 0 aromatic rings. The van der Waals surface area contributed by atoms with E-state index in [4.69, 9.17) is 21.7 Å². The van der Waals surface area contributed by atoms with Gasteiger partial charge in [-0.2, -0.15) is 0 Å². The van der Waals surface area contributed by atoms with Crippen LogP contribution in [0.2, 0.25) is 0 Å². The minimum atomic E-state index is -1.27. The third-order valence-corrected chi connectivity index (χ3v) is 5.47. The normalized spacial score (nSPS) is 17.8. The van der Waals surface area contributed by atoms with Gasteiger partial charge in [-0.15, -0.1) is 0 Å². The molecule has 0 rings (SSSR count). The molecular weight excluding hydrogens is 276 g/mol. The number of carbonyl (C=O) groups is 2. The van der Waals surface area contributed by atoms with E-state index in [0.29, 0.717) is 12.8 Å². The lowest BCUT2D eigenvalue weighted by molar-refractivity contribution is -0.143. The SMILES string of the molecule is CC[C@](N)(CSSC[C@@](N)(CC)C(=O)O)C(=O)O. The molecule has 8 heteroatoms. The Labute approximate surface area is 114 Å². The maximum absolute atomic E-state index is 10.9. The molecule has 0 saturated heterocycles. The highest BCUT2D eigenvalue weighted by Crippen LogP contribution is 2.29. The molecule has 106 valence electrons. The van der Waals surface area contributed by atoms with E-state index in [2.05, 4.69) is 0 Å². The number of hydrogen-bond acceptors (Lipinski definition) is 6. The molecular formula is C10H20N2O4S2. The molecule has 0 bridgehead atoms. The van der Waals surface area contributed by atoms with Gasteiger partial charge in [-0.05, 0) is 12.8 Å². The van der Waals surface area contributed by atoms with Crippen LogP contribution in [0, 0.1) is 0 Å². The number of rotatable bonds is 9. The molecule has 0 heterocycles. The number of nitrogens with two attached hydrogens (primary N) is 2. The molecule has 18 heavy (non-hydrogen) atoms. The van der Waals surface area contributed by atoms with Crippen LogP contribution in [0.25, 0.3) is 0 Å². The summed E-state index contributed by atoms with van der Waals surface area (Å²) in [5.74, 6) is -1.68. The van der Waals surface area contributed by atoms with Crippen LogP contribution in [0.4, 0.5) is 0 Å². The Morgan fingerprint density at radius 2 is 1.22 bits per heavy atom. The quantitative estimate of drug-likeness (QED) is 0.363. The highest BCUT2D eigenvalue weighted by atomic mass is 33.1. The van der Waals surface area contributed by atoms with Gasteiger partial charge in [-0.25, -0.2) is 0 Å². The average molecular weight is 296 g/mol.